The first-order valence-corrected chi connectivity index (χ1v) is 9.50. The second kappa shape index (κ2) is 6.67. The number of ether oxygens (including phenoxy) is 1. The second-order valence-corrected chi connectivity index (χ2v) is 8.13. The van der Waals surface area contributed by atoms with Gasteiger partial charge in [-0.2, -0.15) is 0 Å². The number of rotatable bonds is 5. The summed E-state index contributed by atoms with van der Waals surface area (Å²) < 4.78 is 7.07. The fraction of sp³-hybridized carbons (Fsp3) is 0.182. The summed E-state index contributed by atoms with van der Waals surface area (Å²) in [6.45, 7) is 3.85. The Kier molecular flexibility index (Phi) is 4.32. The van der Waals surface area contributed by atoms with Crippen molar-refractivity contribution in [3.63, 3.8) is 0 Å². The van der Waals surface area contributed by atoms with Crippen LogP contribution in [0.1, 0.15) is 24.4 Å². The molecule has 1 heterocycles. The molecule has 0 unspecified atom stereocenters. The molecule has 0 saturated carbocycles. The molecule has 27 heavy (non-hydrogen) atoms. The Labute approximate surface area is 161 Å². The molecule has 0 fully saturated rings. The molecule has 0 amide bonds. The minimum Gasteiger partial charge on any atom is -0.486 e. The number of aromatic nitrogens is 1. The lowest BCUT2D eigenvalue weighted by Crippen LogP contribution is -2.28. The van der Waals surface area contributed by atoms with E-state index in [1.807, 2.05) is 54.6 Å². The lowest BCUT2D eigenvalue weighted by molar-refractivity contribution is -0.142. The van der Waals surface area contributed by atoms with E-state index in [2.05, 4.69) is 11.1 Å². The average molecular weight is 377 g/mol. The minimum atomic E-state index is -0.920. The number of carbonyl (C=O) groups is 1. The molecule has 3 aromatic carbocycles. The number of hydrogen-bond donors (Lipinski definition) is 1. The van der Waals surface area contributed by atoms with E-state index in [4.69, 9.17) is 4.74 Å². The number of para-hydroxylation sites is 1. The van der Waals surface area contributed by atoms with E-state index in [-0.39, 0.29) is 0 Å². The summed E-state index contributed by atoms with van der Waals surface area (Å²) in [5, 5.41) is 12.4. The van der Waals surface area contributed by atoms with Crippen LogP contribution in [0, 0.1) is 0 Å². The molecule has 4 aromatic rings. The highest BCUT2D eigenvalue weighted by Crippen LogP contribution is 2.29. The van der Waals surface area contributed by atoms with Crippen LogP contribution in [0.2, 0.25) is 0 Å². The van der Waals surface area contributed by atoms with Gasteiger partial charge in [-0.15, -0.1) is 11.3 Å². The summed E-state index contributed by atoms with van der Waals surface area (Å²) >= 11 is 1.64. The van der Waals surface area contributed by atoms with Crippen LogP contribution in [-0.2, 0) is 16.8 Å². The molecule has 0 aliphatic heterocycles. The van der Waals surface area contributed by atoms with Crippen LogP contribution < -0.4 is 4.74 Å². The maximum Gasteiger partial charge on any atom is 0.313 e. The van der Waals surface area contributed by atoms with E-state index in [0.717, 1.165) is 37.3 Å². The number of carboxylic acids is 1. The van der Waals surface area contributed by atoms with Gasteiger partial charge in [0.15, 0.2) is 0 Å². The highest BCUT2D eigenvalue weighted by Gasteiger charge is 2.29. The molecule has 0 saturated heterocycles. The monoisotopic (exact) mass is 377 g/mol. The van der Waals surface area contributed by atoms with Crippen LogP contribution in [-0.4, -0.2) is 16.1 Å². The van der Waals surface area contributed by atoms with Crippen molar-refractivity contribution in [2.45, 2.75) is 25.9 Å². The fourth-order valence-electron chi connectivity index (χ4n) is 2.95. The Morgan fingerprint density at radius 1 is 1.07 bits per heavy atom. The zero-order chi connectivity index (χ0) is 19.0. The molecule has 4 rings (SSSR count). The topological polar surface area (TPSA) is 59.4 Å². The number of nitrogens with zero attached hydrogens (tertiary/aromatic N) is 1. The molecule has 0 aliphatic rings. The van der Waals surface area contributed by atoms with E-state index in [9.17, 15) is 9.90 Å². The fourth-order valence-corrected chi connectivity index (χ4v) is 3.83. The van der Waals surface area contributed by atoms with Gasteiger partial charge in [0.05, 0.1) is 15.6 Å². The molecule has 0 aliphatic carbocycles. The maximum absolute atomic E-state index is 11.5. The van der Waals surface area contributed by atoms with Crippen LogP contribution in [0.4, 0.5) is 0 Å². The number of fused-ring (bicyclic) bond motifs is 2. The molecule has 136 valence electrons. The van der Waals surface area contributed by atoms with Gasteiger partial charge in [0, 0.05) is 0 Å². The van der Waals surface area contributed by atoms with Crippen molar-refractivity contribution in [1.82, 2.24) is 4.98 Å². The van der Waals surface area contributed by atoms with Crippen LogP contribution in [0.25, 0.3) is 21.0 Å². The van der Waals surface area contributed by atoms with Crippen LogP contribution in [0.5, 0.6) is 5.75 Å². The summed E-state index contributed by atoms with van der Waals surface area (Å²) in [4.78, 5) is 16.1. The Hall–Kier alpha value is -2.92. The zero-order valence-electron chi connectivity index (χ0n) is 15.1. The van der Waals surface area contributed by atoms with E-state index < -0.39 is 11.4 Å². The van der Waals surface area contributed by atoms with E-state index in [1.165, 1.54) is 0 Å². The van der Waals surface area contributed by atoms with Gasteiger partial charge in [0.1, 0.15) is 17.4 Å². The lowest BCUT2D eigenvalue weighted by Gasteiger charge is -2.20. The summed E-state index contributed by atoms with van der Waals surface area (Å²) in [5.74, 6) is -0.0651. The first-order valence-electron chi connectivity index (χ1n) is 8.68. The van der Waals surface area contributed by atoms with Gasteiger partial charge < -0.3 is 9.84 Å². The highest BCUT2D eigenvalue weighted by molar-refractivity contribution is 7.18. The molecule has 1 aromatic heterocycles. The third-order valence-electron chi connectivity index (χ3n) is 4.77. The first-order chi connectivity index (χ1) is 12.9. The minimum absolute atomic E-state index is 0.426. The molecule has 0 spiro atoms. The van der Waals surface area contributed by atoms with Crippen LogP contribution in [0.3, 0.4) is 0 Å². The van der Waals surface area contributed by atoms with Gasteiger partial charge in [-0.05, 0) is 54.4 Å². The number of benzene rings is 3. The SMILES string of the molecule is CC(C)(C(=O)O)c1ccc2cc(OCc3nc4ccccc4s3)ccc2c1. The predicted molar refractivity (Wildman–Crippen MR) is 109 cm³/mol. The summed E-state index contributed by atoms with van der Waals surface area (Å²) in [6.07, 6.45) is 0. The van der Waals surface area contributed by atoms with Crippen molar-refractivity contribution < 1.29 is 14.6 Å². The van der Waals surface area contributed by atoms with Gasteiger partial charge >= 0.3 is 5.97 Å². The van der Waals surface area contributed by atoms with Crippen molar-refractivity contribution in [3.8, 4) is 5.75 Å². The van der Waals surface area contributed by atoms with Crippen molar-refractivity contribution in [2.75, 3.05) is 0 Å². The second-order valence-electron chi connectivity index (χ2n) is 7.02. The third-order valence-corrected chi connectivity index (χ3v) is 5.78. The Morgan fingerprint density at radius 2 is 1.81 bits per heavy atom. The number of carboxylic acid groups (broad SMARTS) is 1. The van der Waals surface area contributed by atoms with Gasteiger partial charge in [-0.1, -0.05) is 36.4 Å². The predicted octanol–water partition coefficient (Wildman–Crippen LogP) is 5.39. The molecular weight excluding hydrogens is 358 g/mol. The molecule has 0 atom stereocenters. The van der Waals surface area contributed by atoms with E-state index in [0.29, 0.717) is 6.61 Å². The van der Waals surface area contributed by atoms with Gasteiger partial charge in [0.2, 0.25) is 0 Å². The van der Waals surface area contributed by atoms with Gasteiger partial charge in [-0.25, -0.2) is 4.98 Å². The van der Waals surface area contributed by atoms with E-state index >= 15 is 0 Å². The van der Waals surface area contributed by atoms with Gasteiger partial charge in [-0.3, -0.25) is 4.79 Å². The van der Waals surface area contributed by atoms with Crippen molar-refractivity contribution >= 4 is 38.3 Å². The molecule has 0 bridgehead atoms. The quantitative estimate of drug-likeness (QED) is 0.506. The highest BCUT2D eigenvalue weighted by atomic mass is 32.1. The molecule has 1 N–H and O–H groups in total. The number of thiazole rings is 1. The third kappa shape index (κ3) is 3.38. The number of hydrogen-bond acceptors (Lipinski definition) is 4. The maximum atomic E-state index is 11.5. The summed E-state index contributed by atoms with van der Waals surface area (Å²) in [6, 6.07) is 19.6. The normalized spacial score (nSPS) is 11.8. The smallest absolute Gasteiger partial charge is 0.313 e. The van der Waals surface area contributed by atoms with Crippen LogP contribution >= 0.6 is 11.3 Å². The van der Waals surface area contributed by atoms with E-state index in [1.54, 1.807) is 25.2 Å². The molecule has 4 nitrogen and oxygen atoms in total. The lowest BCUT2D eigenvalue weighted by atomic mass is 9.84. The molecule has 0 radical (unpaired) electrons. The largest absolute Gasteiger partial charge is 0.486 e. The average Bonchev–Trinajstić information content (AvgIpc) is 3.08. The molecular formula is C22H19NO3S. The number of aliphatic carboxylic acids is 1. The standard InChI is InChI=1S/C22H19NO3S/c1-22(2,21(24)25)16-9-7-15-12-17(10-8-14(15)11-16)26-13-20-23-18-5-3-4-6-19(18)27-20/h3-12H,13H2,1-2H3,(H,24,25). The first kappa shape index (κ1) is 17.5. The van der Waals surface area contributed by atoms with Crippen LogP contribution in [0.15, 0.2) is 60.7 Å². The van der Waals surface area contributed by atoms with Crippen molar-refractivity contribution in [3.05, 3.63) is 71.2 Å². The summed E-state index contributed by atoms with van der Waals surface area (Å²) in [5.41, 5.74) is 0.856. The Morgan fingerprint density at radius 3 is 2.59 bits per heavy atom. The zero-order valence-corrected chi connectivity index (χ0v) is 15.9. The van der Waals surface area contributed by atoms with Gasteiger partial charge in [0.25, 0.3) is 0 Å². The Bertz CT molecular complexity index is 1110. The Balaban J connectivity index is 1.55. The van der Waals surface area contributed by atoms with Crippen molar-refractivity contribution in [1.29, 1.82) is 0 Å². The van der Waals surface area contributed by atoms with Crippen molar-refractivity contribution in [2.24, 2.45) is 0 Å². The molecule has 5 heteroatoms. The summed E-state index contributed by atoms with van der Waals surface area (Å²) in [7, 11) is 0.